The van der Waals surface area contributed by atoms with Gasteiger partial charge in [0.05, 0.1) is 28.1 Å². The van der Waals surface area contributed by atoms with Gasteiger partial charge in [-0.15, -0.1) is 0 Å². The molecule has 4 heterocycles. The normalized spacial score (nSPS) is 13.8. The summed E-state index contributed by atoms with van der Waals surface area (Å²) < 4.78 is 9.59. The quantitative estimate of drug-likeness (QED) is 0.135. The fourth-order valence-corrected chi connectivity index (χ4v) is 18.4. The average Bonchev–Trinajstić information content (AvgIpc) is 1.73. The maximum Gasteiger partial charge on any atom is 0.181 e. The fourth-order valence-electron chi connectivity index (χ4n) is 13.3. The van der Waals surface area contributed by atoms with Gasteiger partial charge in [-0.1, -0.05) is 226 Å². The summed E-state index contributed by atoms with van der Waals surface area (Å²) in [5.74, 6) is 2.42. The van der Waals surface area contributed by atoms with Crippen molar-refractivity contribution < 1.29 is 4.74 Å². The molecule has 84 heavy (non-hydrogen) atoms. The van der Waals surface area contributed by atoms with Crippen LogP contribution < -0.4 is 35.3 Å². The molecule has 0 fully saturated rings. The molecule has 2 aliphatic heterocycles. The number of para-hydroxylation sites is 3. The molecule has 2 aromatic heterocycles. The predicted molar refractivity (Wildman–Crippen MR) is 357 cm³/mol. The number of hydrogen-bond donors (Lipinski definition) is 0. The SMILES string of the molecule is CC(C)(C)c1ccc([Si]2(c3ccnc(-n4c5ccccc5c5ccc(Oc6cc(N7CN(c8c(-c9ccccc9)cc(C(C)(C)C)cc8-c8ccccc8)c8ccccc87)cc(C(C)(C)C)c6)cc54)c3)c3ccccc3-c3ccccc32)cc1. The third-order valence-corrected chi connectivity index (χ3v) is 22.5. The van der Waals surface area contributed by atoms with Gasteiger partial charge >= 0.3 is 0 Å². The Bertz CT molecular complexity index is 4400. The van der Waals surface area contributed by atoms with E-state index in [-0.39, 0.29) is 16.2 Å². The first kappa shape index (κ1) is 52.8. The smallest absolute Gasteiger partial charge is 0.181 e. The lowest BCUT2D eigenvalue weighted by atomic mass is 9.82. The second kappa shape index (κ2) is 20.0. The second-order valence-corrected chi connectivity index (χ2v) is 29.8. The van der Waals surface area contributed by atoms with E-state index in [1.54, 1.807) is 0 Å². The highest BCUT2D eigenvalue weighted by molar-refractivity contribution is 7.22. The first-order valence-corrected chi connectivity index (χ1v) is 31.6. The molecule has 0 aliphatic carbocycles. The molecule has 12 aromatic rings. The number of ether oxygens (including phenoxy) is 1. The Labute approximate surface area is 496 Å². The van der Waals surface area contributed by atoms with E-state index >= 15 is 0 Å². The van der Waals surface area contributed by atoms with E-state index in [1.807, 2.05) is 6.20 Å². The molecule has 0 saturated carbocycles. The number of rotatable bonds is 9. The van der Waals surface area contributed by atoms with E-state index in [1.165, 1.54) is 81.9 Å². The number of anilines is 4. The molecule has 6 heteroatoms. The predicted octanol–water partition coefficient (Wildman–Crippen LogP) is 17.8. The Morgan fingerprint density at radius 1 is 0.393 bits per heavy atom. The Morgan fingerprint density at radius 2 is 0.929 bits per heavy atom. The van der Waals surface area contributed by atoms with Crippen LogP contribution in [0.4, 0.5) is 22.7 Å². The van der Waals surface area contributed by atoms with Crippen molar-refractivity contribution in [1.29, 1.82) is 0 Å². The number of pyridine rings is 1. The molecule has 412 valence electrons. The largest absolute Gasteiger partial charge is 0.457 e. The summed E-state index contributed by atoms with van der Waals surface area (Å²) in [5, 5.41) is 7.81. The minimum atomic E-state index is -2.86. The van der Waals surface area contributed by atoms with Crippen LogP contribution in [0.3, 0.4) is 0 Å². The highest BCUT2D eigenvalue weighted by Crippen LogP contribution is 2.52. The Morgan fingerprint density at radius 3 is 1.55 bits per heavy atom. The van der Waals surface area contributed by atoms with Crippen molar-refractivity contribution >= 4 is 73.4 Å². The molecule has 0 bridgehead atoms. The average molecular weight is 1110 g/mol. The van der Waals surface area contributed by atoms with E-state index < -0.39 is 8.07 Å². The van der Waals surface area contributed by atoms with Crippen molar-refractivity contribution in [2.45, 2.75) is 78.6 Å². The summed E-state index contributed by atoms with van der Waals surface area (Å²) in [7, 11) is -2.86. The first-order valence-electron chi connectivity index (χ1n) is 29.6. The highest BCUT2D eigenvalue weighted by atomic mass is 28.3. The van der Waals surface area contributed by atoms with E-state index in [9.17, 15) is 0 Å². The molecule has 14 rings (SSSR count). The van der Waals surface area contributed by atoms with Crippen molar-refractivity contribution in [3.8, 4) is 50.7 Å². The number of fused-ring (bicyclic) bond motifs is 7. The molecule has 0 saturated heterocycles. The zero-order valence-corrected chi connectivity index (χ0v) is 50.6. The molecule has 10 aromatic carbocycles. The van der Waals surface area contributed by atoms with Gasteiger partial charge < -0.3 is 14.5 Å². The van der Waals surface area contributed by atoms with Crippen LogP contribution in [0, 0.1) is 0 Å². The fraction of sp³-hybridized carbons (Fsp3) is 0.167. The van der Waals surface area contributed by atoms with Gasteiger partial charge in [-0.05, 0) is 143 Å². The van der Waals surface area contributed by atoms with Crippen LogP contribution in [0.15, 0.2) is 249 Å². The molecule has 2 aliphatic rings. The van der Waals surface area contributed by atoms with E-state index in [4.69, 9.17) is 9.72 Å². The monoisotopic (exact) mass is 1110 g/mol. The summed E-state index contributed by atoms with van der Waals surface area (Å²) in [6.07, 6.45) is 2.04. The molecule has 0 radical (unpaired) electrons. The van der Waals surface area contributed by atoms with Crippen LogP contribution in [0.1, 0.15) is 79.0 Å². The minimum absolute atomic E-state index is 0.0304. The second-order valence-electron chi connectivity index (χ2n) is 26.1. The Balaban J connectivity index is 0.892. The van der Waals surface area contributed by atoms with Crippen LogP contribution in [-0.2, 0) is 16.2 Å². The molecular weight excluding hydrogens is 1040 g/mol. The molecule has 0 amide bonds. The zero-order valence-electron chi connectivity index (χ0n) is 49.6. The lowest BCUT2D eigenvalue weighted by molar-refractivity contribution is 0.479. The molecule has 0 spiro atoms. The number of nitrogens with zero attached hydrogens (tertiary/aromatic N) is 4. The minimum Gasteiger partial charge on any atom is -0.457 e. The van der Waals surface area contributed by atoms with Crippen molar-refractivity contribution in [1.82, 2.24) is 9.55 Å². The van der Waals surface area contributed by atoms with E-state index in [0.717, 1.165) is 50.8 Å². The van der Waals surface area contributed by atoms with Gasteiger partial charge in [0.1, 0.15) is 24.0 Å². The van der Waals surface area contributed by atoms with Crippen molar-refractivity contribution in [3.63, 3.8) is 0 Å². The first-order chi connectivity index (χ1) is 40.5. The third-order valence-electron chi connectivity index (χ3n) is 17.7. The van der Waals surface area contributed by atoms with Crippen LogP contribution in [0.25, 0.3) is 61.0 Å². The molecule has 0 unspecified atom stereocenters. The Hall–Kier alpha value is -9.23. The van der Waals surface area contributed by atoms with Crippen LogP contribution in [0.2, 0.25) is 0 Å². The van der Waals surface area contributed by atoms with Gasteiger partial charge in [-0.3, -0.25) is 4.57 Å². The van der Waals surface area contributed by atoms with Gasteiger partial charge in [0.2, 0.25) is 0 Å². The molecule has 0 N–H and O–H groups in total. The number of aromatic nitrogens is 2. The zero-order chi connectivity index (χ0) is 57.7. The van der Waals surface area contributed by atoms with E-state index in [2.05, 4.69) is 319 Å². The Kier molecular flexibility index (Phi) is 12.6. The summed E-state index contributed by atoms with van der Waals surface area (Å²) in [5.41, 5.74) is 17.7. The summed E-state index contributed by atoms with van der Waals surface area (Å²) in [6, 6.07) is 90.2. The van der Waals surface area contributed by atoms with Crippen molar-refractivity contribution in [3.05, 3.63) is 266 Å². The number of benzene rings is 10. The molecule has 5 nitrogen and oxygen atoms in total. The van der Waals surface area contributed by atoms with Crippen molar-refractivity contribution in [2.24, 2.45) is 0 Å². The molecular formula is C78H70N4OSi. The maximum absolute atomic E-state index is 7.23. The molecule has 0 atom stereocenters. The summed E-state index contributed by atoms with van der Waals surface area (Å²) >= 11 is 0. The van der Waals surface area contributed by atoms with Crippen LogP contribution >= 0.6 is 0 Å². The van der Waals surface area contributed by atoms with Crippen LogP contribution in [0.5, 0.6) is 11.5 Å². The maximum atomic E-state index is 7.23. The van der Waals surface area contributed by atoms with Gasteiger partial charge in [-0.2, -0.15) is 0 Å². The summed E-state index contributed by atoms with van der Waals surface area (Å²) in [6.45, 7) is 21.3. The van der Waals surface area contributed by atoms with Gasteiger partial charge in [0, 0.05) is 45.9 Å². The topological polar surface area (TPSA) is 33.5 Å². The van der Waals surface area contributed by atoms with Gasteiger partial charge in [-0.25, -0.2) is 4.98 Å². The summed E-state index contributed by atoms with van der Waals surface area (Å²) in [4.78, 5) is 10.3. The lowest BCUT2D eigenvalue weighted by Crippen LogP contribution is -2.72. The van der Waals surface area contributed by atoms with Gasteiger partial charge in [0.25, 0.3) is 0 Å². The van der Waals surface area contributed by atoms with Crippen molar-refractivity contribution in [2.75, 3.05) is 16.5 Å². The van der Waals surface area contributed by atoms with Gasteiger partial charge in [0.15, 0.2) is 8.07 Å². The third kappa shape index (κ3) is 8.85. The highest BCUT2D eigenvalue weighted by Gasteiger charge is 2.49. The van der Waals surface area contributed by atoms with Crippen LogP contribution in [-0.4, -0.2) is 24.3 Å². The number of hydrogen-bond acceptors (Lipinski definition) is 4. The standard InChI is InChI=1S/C78H70N4OSi/c1-76(2,3)54-36-39-60(40-37-54)84(72-34-22-17-29-64(72)65-30-18-23-35-73(65)84)61-42-43-79-74(50-61)82-68-31-19-16-28-62(68)63-41-38-58(49-71(63)82)83-59-45-55(77(4,5)6)44-57(48-59)80-51-81(70-33-21-20-32-69(70)80)75-66(52-24-12-10-13-25-52)46-56(78(7,8)9)47-67(75)53-26-14-11-15-27-53/h10-50H,51H2,1-9H3. The van der Waals surface area contributed by atoms with E-state index in [0.29, 0.717) is 6.67 Å². The lowest BCUT2D eigenvalue weighted by Gasteiger charge is -2.32.